The molecule has 2 aromatic rings. The van der Waals surface area contributed by atoms with Gasteiger partial charge in [-0.1, -0.05) is 0 Å². The maximum atomic E-state index is 12.1. The quantitative estimate of drug-likeness (QED) is 0.834. The van der Waals surface area contributed by atoms with Crippen molar-refractivity contribution >= 4 is 27.2 Å². The zero-order valence-electron chi connectivity index (χ0n) is 10.3. The Morgan fingerprint density at radius 3 is 2.84 bits per heavy atom. The van der Waals surface area contributed by atoms with Crippen LogP contribution in [0.5, 0.6) is 0 Å². The third-order valence-electron chi connectivity index (χ3n) is 2.41. The van der Waals surface area contributed by atoms with Crippen molar-refractivity contribution < 1.29 is 8.42 Å². The highest BCUT2D eigenvalue weighted by molar-refractivity contribution is 7.89. The van der Waals surface area contributed by atoms with Gasteiger partial charge in [0.15, 0.2) is 0 Å². The van der Waals surface area contributed by atoms with Gasteiger partial charge in [-0.05, 0) is 12.1 Å². The number of hydrogen-bond acceptors (Lipinski definition) is 6. The first-order valence-electron chi connectivity index (χ1n) is 5.64. The van der Waals surface area contributed by atoms with Crippen LogP contribution in [0.3, 0.4) is 0 Å². The first kappa shape index (κ1) is 13.9. The molecule has 8 heteroatoms. The number of nitrogens with zero attached hydrogens (tertiary/aromatic N) is 2. The molecule has 0 saturated carbocycles. The van der Waals surface area contributed by atoms with E-state index in [1.54, 1.807) is 25.5 Å². The topological polar surface area (TPSA) is 84.0 Å². The van der Waals surface area contributed by atoms with Gasteiger partial charge in [-0.2, -0.15) is 0 Å². The second-order valence-electron chi connectivity index (χ2n) is 3.67. The molecule has 0 saturated heterocycles. The molecule has 0 aliphatic heterocycles. The SMILES string of the molecule is CNc1ncccc1S(=O)(=O)NCCc1nccs1. The minimum atomic E-state index is -3.55. The minimum Gasteiger partial charge on any atom is -0.372 e. The fourth-order valence-electron chi connectivity index (χ4n) is 1.54. The van der Waals surface area contributed by atoms with Crippen LogP contribution >= 0.6 is 11.3 Å². The summed E-state index contributed by atoms with van der Waals surface area (Å²) in [5.74, 6) is 0.337. The highest BCUT2D eigenvalue weighted by atomic mass is 32.2. The Hall–Kier alpha value is -1.51. The van der Waals surface area contributed by atoms with E-state index in [0.29, 0.717) is 18.8 Å². The van der Waals surface area contributed by atoms with Crippen molar-refractivity contribution in [3.8, 4) is 0 Å². The molecule has 0 atom stereocenters. The monoisotopic (exact) mass is 298 g/mol. The van der Waals surface area contributed by atoms with Crippen LogP contribution in [0.4, 0.5) is 5.82 Å². The highest BCUT2D eigenvalue weighted by Crippen LogP contribution is 2.16. The fourth-order valence-corrected chi connectivity index (χ4v) is 3.36. The van der Waals surface area contributed by atoms with Gasteiger partial charge in [0, 0.05) is 37.8 Å². The van der Waals surface area contributed by atoms with Gasteiger partial charge in [-0.15, -0.1) is 11.3 Å². The van der Waals surface area contributed by atoms with Crippen LogP contribution in [0, 0.1) is 0 Å². The molecular formula is C11H14N4O2S2. The molecule has 0 aliphatic carbocycles. The molecule has 0 spiro atoms. The Bertz CT molecular complexity index is 626. The number of nitrogens with one attached hydrogen (secondary N) is 2. The minimum absolute atomic E-state index is 0.150. The third kappa shape index (κ3) is 3.49. The van der Waals surface area contributed by atoms with Crippen LogP contribution in [-0.2, 0) is 16.4 Å². The number of hydrogen-bond donors (Lipinski definition) is 2. The summed E-state index contributed by atoms with van der Waals surface area (Å²) in [4.78, 5) is 8.23. The first-order chi connectivity index (χ1) is 9.13. The molecule has 0 amide bonds. The van der Waals surface area contributed by atoms with Crippen LogP contribution < -0.4 is 10.0 Å². The van der Waals surface area contributed by atoms with E-state index in [-0.39, 0.29) is 4.90 Å². The highest BCUT2D eigenvalue weighted by Gasteiger charge is 2.18. The van der Waals surface area contributed by atoms with Crippen molar-refractivity contribution in [2.75, 3.05) is 18.9 Å². The van der Waals surface area contributed by atoms with E-state index in [0.717, 1.165) is 5.01 Å². The van der Waals surface area contributed by atoms with Gasteiger partial charge in [0.1, 0.15) is 10.7 Å². The predicted octanol–water partition coefficient (Wildman–Crippen LogP) is 1.10. The molecule has 102 valence electrons. The summed E-state index contributed by atoms with van der Waals surface area (Å²) in [6, 6.07) is 3.11. The van der Waals surface area contributed by atoms with E-state index in [4.69, 9.17) is 0 Å². The fraction of sp³-hybridized carbons (Fsp3) is 0.273. The Morgan fingerprint density at radius 2 is 2.16 bits per heavy atom. The second-order valence-corrected chi connectivity index (χ2v) is 6.39. The lowest BCUT2D eigenvalue weighted by atomic mass is 10.4. The van der Waals surface area contributed by atoms with E-state index in [2.05, 4.69) is 20.0 Å². The summed E-state index contributed by atoms with van der Waals surface area (Å²) in [6.07, 6.45) is 3.82. The number of thiazole rings is 1. The smallest absolute Gasteiger partial charge is 0.244 e. The van der Waals surface area contributed by atoms with Gasteiger partial charge >= 0.3 is 0 Å². The summed E-state index contributed by atoms with van der Waals surface area (Å²) < 4.78 is 26.8. The molecule has 2 aromatic heterocycles. The van der Waals surface area contributed by atoms with Crippen molar-refractivity contribution in [2.45, 2.75) is 11.3 Å². The van der Waals surface area contributed by atoms with Gasteiger partial charge in [0.2, 0.25) is 10.0 Å². The Labute approximate surface area is 116 Å². The zero-order valence-corrected chi connectivity index (χ0v) is 12.0. The van der Waals surface area contributed by atoms with Crippen molar-refractivity contribution in [1.29, 1.82) is 0 Å². The molecule has 0 radical (unpaired) electrons. The molecule has 2 heterocycles. The molecule has 19 heavy (non-hydrogen) atoms. The number of rotatable bonds is 6. The van der Waals surface area contributed by atoms with E-state index < -0.39 is 10.0 Å². The average Bonchev–Trinajstić information content (AvgIpc) is 2.91. The van der Waals surface area contributed by atoms with Crippen molar-refractivity contribution in [2.24, 2.45) is 0 Å². The van der Waals surface area contributed by atoms with Crippen LogP contribution in [0.25, 0.3) is 0 Å². The number of aromatic nitrogens is 2. The van der Waals surface area contributed by atoms with Crippen LogP contribution in [-0.4, -0.2) is 32.0 Å². The summed E-state index contributed by atoms with van der Waals surface area (Å²) in [5, 5.41) is 5.54. The maximum absolute atomic E-state index is 12.1. The van der Waals surface area contributed by atoms with Gasteiger partial charge < -0.3 is 5.32 Å². The zero-order chi connectivity index (χ0) is 13.7. The maximum Gasteiger partial charge on any atom is 0.244 e. The summed E-state index contributed by atoms with van der Waals surface area (Å²) >= 11 is 1.51. The predicted molar refractivity (Wildman–Crippen MR) is 74.8 cm³/mol. The van der Waals surface area contributed by atoms with Gasteiger partial charge in [0.05, 0.1) is 5.01 Å². The van der Waals surface area contributed by atoms with Crippen molar-refractivity contribution in [1.82, 2.24) is 14.7 Å². The lowest BCUT2D eigenvalue weighted by Crippen LogP contribution is -2.26. The number of sulfonamides is 1. The van der Waals surface area contributed by atoms with Crippen LogP contribution in [0.15, 0.2) is 34.8 Å². The summed E-state index contributed by atoms with van der Waals surface area (Å²) in [7, 11) is -1.92. The summed E-state index contributed by atoms with van der Waals surface area (Å²) in [5.41, 5.74) is 0. The van der Waals surface area contributed by atoms with Gasteiger partial charge in [0.25, 0.3) is 0 Å². The van der Waals surface area contributed by atoms with Gasteiger partial charge in [-0.25, -0.2) is 23.1 Å². The molecule has 0 unspecified atom stereocenters. The molecule has 2 rings (SSSR count). The Morgan fingerprint density at radius 1 is 1.32 bits per heavy atom. The van der Waals surface area contributed by atoms with E-state index >= 15 is 0 Å². The standard InChI is InChI=1S/C11H14N4O2S2/c1-12-11-9(3-2-5-14-11)19(16,17)15-6-4-10-13-7-8-18-10/h2-3,5,7-8,15H,4,6H2,1H3,(H,12,14). The average molecular weight is 298 g/mol. The molecule has 0 aliphatic rings. The largest absolute Gasteiger partial charge is 0.372 e. The first-order valence-corrected chi connectivity index (χ1v) is 8.00. The van der Waals surface area contributed by atoms with E-state index in [1.807, 2.05) is 5.38 Å². The molecular weight excluding hydrogens is 284 g/mol. The van der Waals surface area contributed by atoms with E-state index in [1.165, 1.54) is 17.4 Å². The molecule has 0 fully saturated rings. The Kier molecular flexibility index (Phi) is 4.46. The van der Waals surface area contributed by atoms with Gasteiger partial charge in [-0.3, -0.25) is 0 Å². The lowest BCUT2D eigenvalue weighted by Gasteiger charge is -2.09. The molecule has 6 nitrogen and oxygen atoms in total. The molecule has 0 bridgehead atoms. The molecule has 2 N–H and O–H groups in total. The molecule has 0 aromatic carbocycles. The lowest BCUT2D eigenvalue weighted by molar-refractivity contribution is 0.581. The number of anilines is 1. The van der Waals surface area contributed by atoms with Crippen LogP contribution in [0.1, 0.15) is 5.01 Å². The number of pyridine rings is 1. The Balaban J connectivity index is 2.05. The van der Waals surface area contributed by atoms with Crippen LogP contribution in [0.2, 0.25) is 0 Å². The summed E-state index contributed by atoms with van der Waals surface area (Å²) in [6.45, 7) is 0.313. The third-order valence-corrected chi connectivity index (χ3v) is 4.74. The van der Waals surface area contributed by atoms with E-state index in [9.17, 15) is 8.42 Å². The van der Waals surface area contributed by atoms with Crippen molar-refractivity contribution in [3.63, 3.8) is 0 Å². The van der Waals surface area contributed by atoms with Crippen molar-refractivity contribution in [3.05, 3.63) is 34.9 Å². The normalized spacial score (nSPS) is 11.4. The second kappa shape index (κ2) is 6.09.